The van der Waals surface area contributed by atoms with Crippen molar-refractivity contribution in [1.29, 1.82) is 0 Å². The largest absolute Gasteiger partial charge is 0.497 e. The highest BCUT2D eigenvalue weighted by Gasteiger charge is 2.17. The van der Waals surface area contributed by atoms with Gasteiger partial charge in [0.2, 0.25) is 0 Å². The summed E-state index contributed by atoms with van der Waals surface area (Å²) in [5.41, 5.74) is 3.13. The molecule has 0 saturated heterocycles. The molecule has 0 atom stereocenters. The first-order chi connectivity index (χ1) is 9.28. The van der Waals surface area contributed by atoms with Crippen LogP contribution >= 0.6 is 0 Å². The highest BCUT2D eigenvalue weighted by Crippen LogP contribution is 2.29. The van der Waals surface area contributed by atoms with E-state index in [-0.39, 0.29) is 0 Å². The topological polar surface area (TPSA) is 20.5 Å². The maximum absolute atomic E-state index is 5.97. The standard InChI is InChI=1S/C17H15O2/c1-12-10-17(13-6-5-7-14(11-13)18-2)19-16-9-4-3-8-15(12)16/h3-11H,1-2H3/q+1. The van der Waals surface area contributed by atoms with Gasteiger partial charge in [-0.2, -0.15) is 0 Å². The van der Waals surface area contributed by atoms with E-state index in [1.165, 1.54) is 5.56 Å². The Hall–Kier alpha value is -2.35. The van der Waals surface area contributed by atoms with Gasteiger partial charge in [0, 0.05) is 12.1 Å². The summed E-state index contributed by atoms with van der Waals surface area (Å²) in [5, 5.41) is 1.15. The molecule has 0 fully saturated rings. The molecule has 1 aromatic heterocycles. The first kappa shape index (κ1) is 11.7. The first-order valence-corrected chi connectivity index (χ1v) is 6.25. The van der Waals surface area contributed by atoms with Gasteiger partial charge in [-0.25, -0.2) is 4.42 Å². The number of benzene rings is 2. The zero-order chi connectivity index (χ0) is 13.2. The van der Waals surface area contributed by atoms with Crippen LogP contribution in [0.4, 0.5) is 0 Å². The predicted octanol–water partition coefficient (Wildman–Crippen LogP) is 4.70. The zero-order valence-corrected chi connectivity index (χ0v) is 11.0. The minimum Gasteiger partial charge on any atom is -0.497 e. The highest BCUT2D eigenvalue weighted by molar-refractivity contribution is 5.82. The van der Waals surface area contributed by atoms with Crippen LogP contribution in [0.1, 0.15) is 5.56 Å². The lowest BCUT2D eigenvalue weighted by molar-refractivity contribution is 0.415. The quantitative estimate of drug-likeness (QED) is 0.615. The van der Waals surface area contributed by atoms with E-state index >= 15 is 0 Å². The number of ether oxygens (including phenoxy) is 1. The molecule has 94 valence electrons. The average Bonchev–Trinajstić information content (AvgIpc) is 2.47. The number of hydrogen-bond acceptors (Lipinski definition) is 1. The molecule has 0 unspecified atom stereocenters. The van der Waals surface area contributed by atoms with Gasteiger partial charge in [0.25, 0.3) is 0 Å². The van der Waals surface area contributed by atoms with Crippen molar-refractivity contribution in [2.45, 2.75) is 6.92 Å². The normalized spacial score (nSPS) is 10.6. The number of methoxy groups -OCH3 is 1. The molecule has 0 N–H and O–H groups in total. The molecule has 19 heavy (non-hydrogen) atoms. The maximum atomic E-state index is 5.97. The van der Waals surface area contributed by atoms with Gasteiger partial charge in [-0.05, 0) is 36.8 Å². The summed E-state index contributed by atoms with van der Waals surface area (Å²) < 4.78 is 11.2. The van der Waals surface area contributed by atoms with Gasteiger partial charge < -0.3 is 4.74 Å². The third kappa shape index (κ3) is 2.17. The molecule has 0 saturated carbocycles. The van der Waals surface area contributed by atoms with Crippen LogP contribution in [0.2, 0.25) is 0 Å². The SMILES string of the molecule is COc1cccc(-c2cc(C)c3ccccc3[o+]2)c1. The van der Waals surface area contributed by atoms with Gasteiger partial charge in [-0.15, -0.1) is 0 Å². The average molecular weight is 251 g/mol. The maximum Gasteiger partial charge on any atom is 0.361 e. The Kier molecular flexibility index (Phi) is 2.92. The van der Waals surface area contributed by atoms with Crippen molar-refractivity contribution in [3.8, 4) is 17.1 Å². The molecule has 0 amide bonds. The van der Waals surface area contributed by atoms with Crippen LogP contribution in [0.5, 0.6) is 5.75 Å². The molecule has 3 rings (SSSR count). The molecule has 3 aromatic rings. The molecule has 1 heterocycles. The van der Waals surface area contributed by atoms with Crippen molar-refractivity contribution in [2.75, 3.05) is 7.11 Å². The van der Waals surface area contributed by atoms with Crippen molar-refractivity contribution < 1.29 is 9.15 Å². The van der Waals surface area contributed by atoms with E-state index in [1.54, 1.807) is 7.11 Å². The first-order valence-electron chi connectivity index (χ1n) is 6.25. The lowest BCUT2D eigenvalue weighted by atomic mass is 10.1. The Morgan fingerprint density at radius 2 is 1.79 bits per heavy atom. The second-order valence-electron chi connectivity index (χ2n) is 4.52. The van der Waals surface area contributed by atoms with Crippen molar-refractivity contribution >= 4 is 11.0 Å². The van der Waals surface area contributed by atoms with Crippen LogP contribution in [-0.2, 0) is 0 Å². The summed E-state index contributed by atoms with van der Waals surface area (Å²) in [4.78, 5) is 0. The fourth-order valence-corrected chi connectivity index (χ4v) is 2.22. The van der Waals surface area contributed by atoms with Gasteiger partial charge >= 0.3 is 11.3 Å². The Morgan fingerprint density at radius 3 is 2.63 bits per heavy atom. The number of para-hydroxylation sites is 1. The Labute approximate surface area is 112 Å². The van der Waals surface area contributed by atoms with Crippen LogP contribution in [0.3, 0.4) is 0 Å². The monoisotopic (exact) mass is 251 g/mol. The molecule has 0 aliphatic carbocycles. The van der Waals surface area contributed by atoms with Crippen LogP contribution < -0.4 is 4.74 Å². The third-order valence-corrected chi connectivity index (χ3v) is 3.23. The highest BCUT2D eigenvalue weighted by atomic mass is 16.5. The molecule has 0 radical (unpaired) electrons. The fraction of sp³-hybridized carbons (Fsp3) is 0.118. The van der Waals surface area contributed by atoms with E-state index in [0.29, 0.717) is 0 Å². The smallest absolute Gasteiger partial charge is 0.361 e. The molecule has 2 heteroatoms. The fourth-order valence-electron chi connectivity index (χ4n) is 2.22. The van der Waals surface area contributed by atoms with E-state index in [0.717, 1.165) is 28.0 Å². The second-order valence-corrected chi connectivity index (χ2v) is 4.52. The molecule has 2 nitrogen and oxygen atoms in total. The minimum absolute atomic E-state index is 0.832. The molecule has 2 aromatic carbocycles. The lowest BCUT2D eigenvalue weighted by Gasteiger charge is -2.00. The predicted molar refractivity (Wildman–Crippen MR) is 77.3 cm³/mol. The number of rotatable bonds is 2. The van der Waals surface area contributed by atoms with Crippen molar-refractivity contribution in [2.24, 2.45) is 0 Å². The van der Waals surface area contributed by atoms with Gasteiger partial charge in [-0.1, -0.05) is 18.2 Å². The molecule has 0 aliphatic rings. The Bertz CT molecular complexity index is 732. The molecule has 0 spiro atoms. The molecule has 0 aliphatic heterocycles. The Morgan fingerprint density at radius 1 is 0.947 bits per heavy atom. The van der Waals surface area contributed by atoms with E-state index in [2.05, 4.69) is 19.1 Å². The van der Waals surface area contributed by atoms with Gasteiger partial charge in [0.15, 0.2) is 0 Å². The number of aryl methyl sites for hydroxylation is 1. The zero-order valence-electron chi connectivity index (χ0n) is 11.0. The number of fused-ring (bicyclic) bond motifs is 1. The van der Waals surface area contributed by atoms with Crippen molar-refractivity contribution in [3.63, 3.8) is 0 Å². The summed E-state index contributed by atoms with van der Waals surface area (Å²) in [7, 11) is 1.67. The van der Waals surface area contributed by atoms with Crippen LogP contribution in [0, 0.1) is 6.92 Å². The second kappa shape index (κ2) is 4.73. The van der Waals surface area contributed by atoms with E-state index in [1.807, 2.05) is 42.5 Å². The van der Waals surface area contributed by atoms with Crippen LogP contribution in [-0.4, -0.2) is 7.11 Å². The summed E-state index contributed by atoms with van der Waals surface area (Å²) in [6.45, 7) is 2.10. The van der Waals surface area contributed by atoms with Crippen LogP contribution in [0.25, 0.3) is 22.3 Å². The van der Waals surface area contributed by atoms with E-state index in [4.69, 9.17) is 9.15 Å². The number of hydrogen-bond donors (Lipinski definition) is 0. The summed E-state index contributed by atoms with van der Waals surface area (Å²) in [5.74, 6) is 1.69. The van der Waals surface area contributed by atoms with E-state index in [9.17, 15) is 0 Å². The Balaban J connectivity index is 2.19. The summed E-state index contributed by atoms with van der Waals surface area (Å²) in [6, 6.07) is 18.0. The third-order valence-electron chi connectivity index (χ3n) is 3.23. The van der Waals surface area contributed by atoms with Crippen molar-refractivity contribution in [1.82, 2.24) is 0 Å². The van der Waals surface area contributed by atoms with Gasteiger partial charge in [-0.3, -0.25) is 0 Å². The van der Waals surface area contributed by atoms with Crippen LogP contribution in [0.15, 0.2) is 59.0 Å². The minimum atomic E-state index is 0.832. The van der Waals surface area contributed by atoms with Crippen molar-refractivity contribution in [3.05, 3.63) is 60.2 Å². The molecular formula is C17H15O2+. The van der Waals surface area contributed by atoms with E-state index < -0.39 is 0 Å². The van der Waals surface area contributed by atoms with Gasteiger partial charge in [0.1, 0.15) is 5.75 Å². The lowest BCUT2D eigenvalue weighted by Crippen LogP contribution is -1.86. The molecular weight excluding hydrogens is 236 g/mol. The molecule has 0 bridgehead atoms. The van der Waals surface area contributed by atoms with Gasteiger partial charge in [0.05, 0.1) is 18.1 Å². The summed E-state index contributed by atoms with van der Waals surface area (Å²) >= 11 is 0. The summed E-state index contributed by atoms with van der Waals surface area (Å²) in [6.07, 6.45) is 0.